The van der Waals surface area contributed by atoms with Gasteiger partial charge >= 0.3 is 6.18 Å². The number of aromatic nitrogens is 3. The summed E-state index contributed by atoms with van der Waals surface area (Å²) in [4.78, 5) is 18.2. The lowest BCUT2D eigenvalue weighted by atomic mass is 10.0. The van der Waals surface area contributed by atoms with Crippen molar-refractivity contribution < 1.29 is 18.0 Å². The third-order valence-electron chi connectivity index (χ3n) is 4.37. The minimum absolute atomic E-state index is 0.0559. The lowest BCUT2D eigenvalue weighted by Gasteiger charge is -2.30. The van der Waals surface area contributed by atoms with Crippen LogP contribution in [0.1, 0.15) is 25.3 Å². The standard InChI is InChI=1S/C17H20F3N5O/c1-12-3-2-6-24(8-12)9-16(26)23-14-7-13(17(18,19)20)4-5-15(14)25-11-21-10-22-25/h4-5,7,10-12H,2-3,6,8-9H2,1H3,(H,23,26)/t12-/m1/s1. The van der Waals surface area contributed by atoms with E-state index in [1.54, 1.807) is 0 Å². The third-order valence-corrected chi connectivity index (χ3v) is 4.37. The van der Waals surface area contributed by atoms with Crippen LogP contribution in [0.4, 0.5) is 18.9 Å². The molecule has 2 aromatic rings. The second-order valence-corrected chi connectivity index (χ2v) is 6.60. The number of anilines is 1. The Hall–Kier alpha value is -2.42. The summed E-state index contributed by atoms with van der Waals surface area (Å²) < 4.78 is 40.4. The van der Waals surface area contributed by atoms with Crippen molar-refractivity contribution in [1.29, 1.82) is 0 Å². The molecule has 3 rings (SSSR count). The second-order valence-electron chi connectivity index (χ2n) is 6.60. The summed E-state index contributed by atoms with van der Waals surface area (Å²) in [6.45, 7) is 3.90. The fourth-order valence-electron chi connectivity index (χ4n) is 3.17. The van der Waals surface area contributed by atoms with Gasteiger partial charge in [-0.3, -0.25) is 9.69 Å². The average molecular weight is 367 g/mol. The number of alkyl halides is 3. The molecule has 1 N–H and O–H groups in total. The summed E-state index contributed by atoms with van der Waals surface area (Å²) in [6, 6.07) is 3.16. The Labute approximate surface area is 149 Å². The molecule has 1 aromatic carbocycles. The first kappa shape index (κ1) is 18.4. The number of carbonyl (C=O) groups excluding carboxylic acids is 1. The number of carbonyl (C=O) groups is 1. The molecule has 1 aliphatic rings. The van der Waals surface area contributed by atoms with Crippen molar-refractivity contribution in [2.24, 2.45) is 5.92 Å². The predicted octanol–water partition coefficient (Wildman–Crippen LogP) is 2.96. The van der Waals surface area contributed by atoms with Gasteiger partial charge in [0.1, 0.15) is 12.7 Å². The van der Waals surface area contributed by atoms with Crippen LogP contribution in [0, 0.1) is 5.92 Å². The Morgan fingerprint density at radius 2 is 2.19 bits per heavy atom. The molecule has 0 saturated carbocycles. The summed E-state index contributed by atoms with van der Waals surface area (Å²) in [5.41, 5.74) is -0.445. The molecule has 1 aliphatic heterocycles. The number of likely N-dealkylation sites (tertiary alicyclic amines) is 1. The van der Waals surface area contributed by atoms with Crippen LogP contribution in [0.15, 0.2) is 30.9 Å². The minimum Gasteiger partial charge on any atom is -0.323 e. The van der Waals surface area contributed by atoms with Crippen LogP contribution in [0.25, 0.3) is 5.69 Å². The number of nitrogens with one attached hydrogen (secondary N) is 1. The number of hydrogen-bond acceptors (Lipinski definition) is 4. The molecule has 0 radical (unpaired) electrons. The van der Waals surface area contributed by atoms with E-state index in [-0.39, 0.29) is 18.1 Å². The van der Waals surface area contributed by atoms with Crippen molar-refractivity contribution in [3.05, 3.63) is 36.4 Å². The Morgan fingerprint density at radius 1 is 1.38 bits per heavy atom. The van der Waals surface area contributed by atoms with Crippen molar-refractivity contribution >= 4 is 11.6 Å². The van der Waals surface area contributed by atoms with E-state index in [1.807, 2.05) is 4.90 Å². The van der Waals surface area contributed by atoms with E-state index in [0.717, 1.165) is 38.1 Å². The van der Waals surface area contributed by atoms with Crippen LogP contribution in [0.5, 0.6) is 0 Å². The predicted molar refractivity (Wildman–Crippen MR) is 89.8 cm³/mol. The Kier molecular flexibility index (Phi) is 5.26. The van der Waals surface area contributed by atoms with E-state index in [4.69, 9.17) is 0 Å². The Morgan fingerprint density at radius 3 is 2.85 bits per heavy atom. The molecule has 9 heteroatoms. The molecule has 140 valence electrons. The van der Waals surface area contributed by atoms with Gasteiger partial charge in [-0.15, -0.1) is 0 Å². The van der Waals surface area contributed by atoms with E-state index >= 15 is 0 Å². The molecule has 1 amide bonds. The number of hydrogen-bond donors (Lipinski definition) is 1. The topological polar surface area (TPSA) is 63.1 Å². The van der Waals surface area contributed by atoms with E-state index < -0.39 is 11.7 Å². The first-order valence-corrected chi connectivity index (χ1v) is 8.41. The van der Waals surface area contributed by atoms with Crippen molar-refractivity contribution in [3.63, 3.8) is 0 Å². The van der Waals surface area contributed by atoms with Gasteiger partial charge in [0.05, 0.1) is 23.5 Å². The summed E-state index contributed by atoms with van der Waals surface area (Å²) in [5.74, 6) is 0.163. The fraction of sp³-hybridized carbons (Fsp3) is 0.471. The number of halogens is 3. The Balaban J connectivity index is 1.81. The molecule has 0 unspecified atom stereocenters. The number of piperidine rings is 1. The van der Waals surface area contributed by atoms with E-state index in [1.165, 1.54) is 23.4 Å². The van der Waals surface area contributed by atoms with Crippen LogP contribution >= 0.6 is 0 Å². The monoisotopic (exact) mass is 367 g/mol. The van der Waals surface area contributed by atoms with Gasteiger partial charge in [0.15, 0.2) is 0 Å². The zero-order valence-electron chi connectivity index (χ0n) is 14.3. The number of amides is 1. The van der Waals surface area contributed by atoms with E-state index in [2.05, 4.69) is 22.3 Å². The number of nitrogens with zero attached hydrogens (tertiary/aromatic N) is 4. The van der Waals surface area contributed by atoms with Crippen molar-refractivity contribution in [3.8, 4) is 5.69 Å². The first-order chi connectivity index (χ1) is 12.3. The normalized spacial score (nSPS) is 18.7. The van der Waals surface area contributed by atoms with Crippen LogP contribution in [-0.2, 0) is 11.0 Å². The molecule has 1 saturated heterocycles. The van der Waals surface area contributed by atoms with Crippen molar-refractivity contribution in [1.82, 2.24) is 19.7 Å². The average Bonchev–Trinajstić information content (AvgIpc) is 3.08. The SMILES string of the molecule is C[C@@H]1CCCN(CC(=O)Nc2cc(C(F)(F)F)ccc2-n2cncn2)C1. The van der Waals surface area contributed by atoms with Gasteiger partial charge in [0, 0.05) is 6.54 Å². The molecule has 0 spiro atoms. The molecular weight excluding hydrogens is 347 g/mol. The Bertz CT molecular complexity index is 760. The molecule has 26 heavy (non-hydrogen) atoms. The van der Waals surface area contributed by atoms with Gasteiger partial charge in [0.2, 0.25) is 5.91 Å². The van der Waals surface area contributed by atoms with Crippen molar-refractivity contribution in [2.75, 3.05) is 25.0 Å². The molecule has 6 nitrogen and oxygen atoms in total. The molecule has 1 aromatic heterocycles. The van der Waals surface area contributed by atoms with Crippen LogP contribution in [-0.4, -0.2) is 45.2 Å². The first-order valence-electron chi connectivity index (χ1n) is 8.41. The van der Waals surface area contributed by atoms with Crippen LogP contribution in [0.3, 0.4) is 0 Å². The molecule has 0 aliphatic carbocycles. The van der Waals surface area contributed by atoms with Gasteiger partial charge in [-0.2, -0.15) is 18.3 Å². The highest BCUT2D eigenvalue weighted by atomic mass is 19.4. The largest absolute Gasteiger partial charge is 0.416 e. The molecule has 1 fully saturated rings. The zero-order valence-corrected chi connectivity index (χ0v) is 14.3. The lowest BCUT2D eigenvalue weighted by Crippen LogP contribution is -2.39. The maximum Gasteiger partial charge on any atom is 0.416 e. The molecule has 0 bridgehead atoms. The van der Waals surface area contributed by atoms with Crippen LogP contribution < -0.4 is 5.32 Å². The summed E-state index contributed by atoms with van der Waals surface area (Å²) in [6.07, 6.45) is 0.288. The summed E-state index contributed by atoms with van der Waals surface area (Å²) in [7, 11) is 0. The fourth-order valence-corrected chi connectivity index (χ4v) is 3.17. The quantitative estimate of drug-likeness (QED) is 0.903. The molecule has 2 heterocycles. The highest BCUT2D eigenvalue weighted by Crippen LogP contribution is 2.33. The van der Waals surface area contributed by atoms with Gasteiger partial charge in [0.25, 0.3) is 0 Å². The van der Waals surface area contributed by atoms with Gasteiger partial charge < -0.3 is 5.32 Å². The smallest absolute Gasteiger partial charge is 0.323 e. The van der Waals surface area contributed by atoms with Gasteiger partial charge in [-0.1, -0.05) is 6.92 Å². The van der Waals surface area contributed by atoms with Crippen LogP contribution in [0.2, 0.25) is 0 Å². The minimum atomic E-state index is -4.50. The highest BCUT2D eigenvalue weighted by molar-refractivity contribution is 5.94. The lowest BCUT2D eigenvalue weighted by molar-refractivity contribution is -0.137. The summed E-state index contributed by atoms with van der Waals surface area (Å²) >= 11 is 0. The number of benzene rings is 1. The van der Waals surface area contributed by atoms with Gasteiger partial charge in [-0.25, -0.2) is 9.67 Å². The maximum absolute atomic E-state index is 13.0. The number of rotatable bonds is 4. The van der Waals surface area contributed by atoms with E-state index in [0.29, 0.717) is 11.6 Å². The van der Waals surface area contributed by atoms with Crippen molar-refractivity contribution in [2.45, 2.75) is 25.9 Å². The highest BCUT2D eigenvalue weighted by Gasteiger charge is 2.31. The van der Waals surface area contributed by atoms with Gasteiger partial charge in [-0.05, 0) is 43.5 Å². The molecule has 1 atom stereocenters. The summed E-state index contributed by atoms with van der Waals surface area (Å²) in [5, 5.41) is 6.54. The van der Waals surface area contributed by atoms with E-state index in [9.17, 15) is 18.0 Å². The zero-order chi connectivity index (χ0) is 18.7. The second kappa shape index (κ2) is 7.45. The third kappa shape index (κ3) is 4.40. The molecular formula is C17H20F3N5O. The maximum atomic E-state index is 13.0.